The first-order valence-corrected chi connectivity index (χ1v) is 9.24. The van der Waals surface area contributed by atoms with E-state index in [0.717, 1.165) is 5.01 Å². The summed E-state index contributed by atoms with van der Waals surface area (Å²) in [7, 11) is -3.13. The van der Waals surface area contributed by atoms with Crippen molar-refractivity contribution < 1.29 is 22.4 Å². The zero-order chi connectivity index (χ0) is 17.5. The van der Waals surface area contributed by atoms with Crippen LogP contribution in [0.15, 0.2) is 29.4 Å². The number of nitrogens with one attached hydrogen (secondary N) is 1. The van der Waals surface area contributed by atoms with Gasteiger partial charge in [0.2, 0.25) is 5.91 Å². The van der Waals surface area contributed by atoms with E-state index in [2.05, 4.69) is 10.4 Å². The predicted octanol–water partition coefficient (Wildman–Crippen LogP) is 0.468. The summed E-state index contributed by atoms with van der Waals surface area (Å²) in [6.07, 6.45) is 0.340. The molecule has 3 rings (SSSR count). The first kappa shape index (κ1) is 16.6. The third kappa shape index (κ3) is 3.16. The van der Waals surface area contributed by atoms with E-state index >= 15 is 0 Å². The highest BCUT2D eigenvalue weighted by Crippen LogP contribution is 2.24. The second-order valence-electron chi connectivity index (χ2n) is 5.91. The summed E-state index contributed by atoms with van der Waals surface area (Å²) >= 11 is 0. The van der Waals surface area contributed by atoms with Gasteiger partial charge in [-0.3, -0.25) is 9.59 Å². The fraction of sp³-hybridized carbons (Fsp3) is 0.400. The average Bonchev–Trinajstić information content (AvgIpc) is 2.99. The molecule has 2 atom stereocenters. The minimum absolute atomic E-state index is 0.0331. The van der Waals surface area contributed by atoms with Crippen LogP contribution in [-0.4, -0.2) is 43.5 Å². The highest BCUT2D eigenvalue weighted by molar-refractivity contribution is 7.91. The van der Waals surface area contributed by atoms with Crippen molar-refractivity contribution in [3.05, 3.63) is 30.1 Å². The van der Waals surface area contributed by atoms with Gasteiger partial charge in [0.15, 0.2) is 15.8 Å². The first-order chi connectivity index (χ1) is 11.3. The van der Waals surface area contributed by atoms with Crippen LogP contribution in [0.4, 0.5) is 10.1 Å². The number of carbonyl (C=O) groups excluding carboxylic acids is 2. The van der Waals surface area contributed by atoms with E-state index in [0.29, 0.717) is 17.8 Å². The van der Waals surface area contributed by atoms with Crippen LogP contribution in [0.3, 0.4) is 0 Å². The number of sulfone groups is 1. The third-order valence-electron chi connectivity index (χ3n) is 4.04. The van der Waals surface area contributed by atoms with Crippen molar-refractivity contribution in [3.63, 3.8) is 0 Å². The van der Waals surface area contributed by atoms with E-state index in [-0.39, 0.29) is 11.5 Å². The van der Waals surface area contributed by atoms with Gasteiger partial charge in [0, 0.05) is 6.04 Å². The van der Waals surface area contributed by atoms with Crippen LogP contribution in [0.2, 0.25) is 0 Å². The third-order valence-corrected chi connectivity index (χ3v) is 5.81. The molecule has 0 spiro atoms. The Hall–Kier alpha value is -2.29. The molecule has 24 heavy (non-hydrogen) atoms. The first-order valence-electron chi connectivity index (χ1n) is 7.42. The summed E-state index contributed by atoms with van der Waals surface area (Å²) in [6, 6.07) is 4.71. The largest absolute Gasteiger partial charge is 0.351 e. The molecule has 0 unspecified atom stereocenters. The molecule has 9 heteroatoms. The fourth-order valence-corrected chi connectivity index (χ4v) is 4.50. The minimum atomic E-state index is -3.13. The van der Waals surface area contributed by atoms with E-state index in [1.54, 1.807) is 6.92 Å². The number of amides is 2. The topological polar surface area (TPSA) is 95.9 Å². The molecule has 7 nitrogen and oxygen atoms in total. The lowest BCUT2D eigenvalue weighted by Crippen LogP contribution is -2.44. The molecule has 0 aromatic heterocycles. The molecular formula is C15H16FN3O4S. The predicted molar refractivity (Wildman–Crippen MR) is 85.7 cm³/mol. The van der Waals surface area contributed by atoms with Gasteiger partial charge in [-0.25, -0.2) is 12.8 Å². The molecule has 1 aromatic carbocycles. The summed E-state index contributed by atoms with van der Waals surface area (Å²) in [5, 5.41) is 7.75. The molecule has 0 saturated carbocycles. The van der Waals surface area contributed by atoms with E-state index in [9.17, 15) is 22.4 Å². The minimum Gasteiger partial charge on any atom is -0.351 e. The van der Waals surface area contributed by atoms with Gasteiger partial charge in [0.1, 0.15) is 5.82 Å². The Morgan fingerprint density at radius 1 is 1.33 bits per heavy atom. The van der Waals surface area contributed by atoms with Crippen molar-refractivity contribution in [3.8, 4) is 0 Å². The molecule has 128 valence electrons. The fourth-order valence-electron chi connectivity index (χ4n) is 2.83. The lowest BCUT2D eigenvalue weighted by molar-refractivity contribution is -0.130. The number of benzene rings is 1. The van der Waals surface area contributed by atoms with Gasteiger partial charge in [-0.15, -0.1) is 0 Å². The van der Waals surface area contributed by atoms with Crippen molar-refractivity contribution in [2.24, 2.45) is 11.0 Å². The molecule has 2 amide bonds. The number of hydrazone groups is 1. The van der Waals surface area contributed by atoms with Crippen molar-refractivity contribution in [2.45, 2.75) is 19.4 Å². The lowest BCUT2D eigenvalue weighted by atomic mass is 10.0. The van der Waals surface area contributed by atoms with Crippen LogP contribution < -0.4 is 10.3 Å². The SMILES string of the molecule is CC1=NN(c2ccc(F)cc2)C(=O)[C@H]1C(=O)N[C@H]1CCS(=O)(=O)C1. The van der Waals surface area contributed by atoms with Crippen molar-refractivity contribution in [1.82, 2.24) is 5.32 Å². The van der Waals surface area contributed by atoms with Gasteiger partial charge in [-0.2, -0.15) is 10.1 Å². The van der Waals surface area contributed by atoms with E-state index in [4.69, 9.17) is 0 Å². The van der Waals surface area contributed by atoms with Crippen molar-refractivity contribution in [1.29, 1.82) is 0 Å². The highest BCUT2D eigenvalue weighted by Gasteiger charge is 2.41. The molecular weight excluding hydrogens is 337 g/mol. The molecule has 0 bridgehead atoms. The second-order valence-corrected chi connectivity index (χ2v) is 8.14. The zero-order valence-electron chi connectivity index (χ0n) is 12.9. The quantitative estimate of drug-likeness (QED) is 0.799. The van der Waals surface area contributed by atoms with Crippen LogP contribution >= 0.6 is 0 Å². The average molecular weight is 353 g/mol. The number of hydrogen-bond acceptors (Lipinski definition) is 5. The zero-order valence-corrected chi connectivity index (χ0v) is 13.7. The van der Waals surface area contributed by atoms with Crippen LogP contribution in [0.25, 0.3) is 0 Å². The summed E-state index contributed by atoms with van der Waals surface area (Å²) in [4.78, 5) is 24.9. The Morgan fingerprint density at radius 2 is 2.00 bits per heavy atom. The lowest BCUT2D eigenvalue weighted by Gasteiger charge is -2.16. The molecule has 0 radical (unpaired) electrons. The molecule has 1 N–H and O–H groups in total. The monoisotopic (exact) mass is 353 g/mol. The standard InChI is InChI=1S/C15H16FN3O4S/c1-9-13(14(20)17-11-6-7-24(22,23)8-11)15(21)19(18-9)12-4-2-10(16)3-5-12/h2-5,11,13H,6-8H2,1H3,(H,17,20)/t11-,13+/m0/s1. The molecule has 2 aliphatic heterocycles. The van der Waals surface area contributed by atoms with E-state index < -0.39 is 39.4 Å². The summed E-state index contributed by atoms with van der Waals surface area (Å²) in [5.74, 6) is -2.73. The summed E-state index contributed by atoms with van der Waals surface area (Å²) in [5.41, 5.74) is 0.669. The smallest absolute Gasteiger partial charge is 0.265 e. The van der Waals surface area contributed by atoms with Gasteiger partial charge in [0.25, 0.3) is 5.91 Å². The maximum Gasteiger partial charge on any atom is 0.265 e. The van der Waals surface area contributed by atoms with Crippen LogP contribution in [0, 0.1) is 11.7 Å². The highest BCUT2D eigenvalue weighted by atomic mass is 32.2. The Labute approximate surface area is 138 Å². The maximum absolute atomic E-state index is 13.0. The van der Waals surface area contributed by atoms with Crippen LogP contribution in [0.5, 0.6) is 0 Å². The normalized spacial score (nSPS) is 25.7. The number of carbonyl (C=O) groups is 2. The van der Waals surface area contributed by atoms with Gasteiger partial charge in [0.05, 0.1) is 22.9 Å². The van der Waals surface area contributed by atoms with Gasteiger partial charge >= 0.3 is 0 Å². The number of halogens is 1. The maximum atomic E-state index is 13.0. The van der Waals surface area contributed by atoms with Gasteiger partial charge in [-0.1, -0.05) is 0 Å². The number of hydrogen-bond donors (Lipinski definition) is 1. The van der Waals surface area contributed by atoms with Gasteiger partial charge in [-0.05, 0) is 37.6 Å². The van der Waals surface area contributed by atoms with Gasteiger partial charge < -0.3 is 5.32 Å². The van der Waals surface area contributed by atoms with Crippen LogP contribution in [-0.2, 0) is 19.4 Å². The molecule has 2 aliphatic rings. The summed E-state index contributed by atoms with van der Waals surface area (Å²) < 4.78 is 35.9. The van der Waals surface area contributed by atoms with Crippen molar-refractivity contribution >= 4 is 33.1 Å². The molecule has 2 heterocycles. The van der Waals surface area contributed by atoms with E-state index in [1.807, 2.05) is 0 Å². The Balaban J connectivity index is 1.73. The Bertz CT molecular complexity index is 820. The number of anilines is 1. The van der Waals surface area contributed by atoms with E-state index in [1.165, 1.54) is 24.3 Å². The Kier molecular flexibility index (Phi) is 4.12. The summed E-state index contributed by atoms with van der Waals surface area (Å²) in [6.45, 7) is 1.55. The second kappa shape index (κ2) is 5.97. The molecule has 0 aliphatic carbocycles. The Morgan fingerprint density at radius 3 is 2.58 bits per heavy atom. The van der Waals surface area contributed by atoms with Crippen molar-refractivity contribution in [2.75, 3.05) is 16.5 Å². The van der Waals surface area contributed by atoms with Crippen LogP contribution in [0.1, 0.15) is 13.3 Å². The molecule has 1 fully saturated rings. The number of nitrogens with zero attached hydrogens (tertiary/aromatic N) is 2. The molecule has 1 saturated heterocycles. The number of rotatable bonds is 3. The molecule has 1 aromatic rings.